The Kier molecular flexibility index (Phi) is 9.44. The first kappa shape index (κ1) is 20.1. The molecule has 1 fully saturated rings. The number of halogens is 3. The number of nitrogens with zero attached hydrogens (tertiary/aromatic N) is 1. The van der Waals surface area contributed by atoms with Crippen LogP contribution in [0.3, 0.4) is 0 Å². The Bertz CT molecular complexity index is 442. The number of rotatable bonds is 8. The van der Waals surface area contributed by atoms with E-state index in [0.717, 1.165) is 44.6 Å². The normalized spacial score (nSPS) is 16.9. The van der Waals surface area contributed by atoms with Crippen LogP contribution in [0.2, 0.25) is 0 Å². The quantitative estimate of drug-likeness (QED) is 0.711. The molecule has 3 nitrogen and oxygen atoms in total. The maximum atomic E-state index is 12.4. The first-order valence-electron chi connectivity index (χ1n) is 8.20. The zero-order chi connectivity index (χ0) is 15.8. The number of piperazine rings is 1. The van der Waals surface area contributed by atoms with Crippen LogP contribution in [0.15, 0.2) is 24.3 Å². The van der Waals surface area contributed by atoms with Gasteiger partial charge in [-0.3, -0.25) is 4.90 Å². The van der Waals surface area contributed by atoms with Crippen molar-refractivity contribution in [2.45, 2.75) is 45.3 Å². The summed E-state index contributed by atoms with van der Waals surface area (Å²) in [7, 11) is 0. The highest BCUT2D eigenvalue weighted by molar-refractivity contribution is 5.85. The Morgan fingerprint density at radius 2 is 1.96 bits per heavy atom. The minimum atomic E-state index is -2.77. The van der Waals surface area contributed by atoms with E-state index in [-0.39, 0.29) is 24.2 Å². The molecule has 1 aromatic carbocycles. The van der Waals surface area contributed by atoms with Crippen LogP contribution >= 0.6 is 12.4 Å². The number of benzene rings is 1. The second-order valence-electron chi connectivity index (χ2n) is 5.75. The van der Waals surface area contributed by atoms with Gasteiger partial charge in [0.2, 0.25) is 0 Å². The molecular formula is C17H27ClF2N2O. The van der Waals surface area contributed by atoms with Crippen molar-refractivity contribution in [1.82, 2.24) is 10.2 Å². The van der Waals surface area contributed by atoms with Crippen molar-refractivity contribution in [3.05, 3.63) is 29.8 Å². The van der Waals surface area contributed by atoms with Gasteiger partial charge in [-0.05, 0) is 24.1 Å². The fourth-order valence-electron chi connectivity index (χ4n) is 3.04. The van der Waals surface area contributed by atoms with Gasteiger partial charge in [0, 0.05) is 32.2 Å². The smallest absolute Gasteiger partial charge is 0.387 e. The van der Waals surface area contributed by atoms with Crippen molar-refractivity contribution in [3.63, 3.8) is 0 Å². The molecule has 0 spiro atoms. The van der Waals surface area contributed by atoms with Gasteiger partial charge in [-0.25, -0.2) is 0 Å². The Balaban J connectivity index is 0.00000264. The van der Waals surface area contributed by atoms with Crippen molar-refractivity contribution in [3.8, 4) is 5.75 Å². The lowest BCUT2D eigenvalue weighted by Gasteiger charge is -2.35. The van der Waals surface area contributed by atoms with Crippen molar-refractivity contribution in [1.29, 1.82) is 0 Å². The molecule has 1 aliphatic rings. The summed E-state index contributed by atoms with van der Waals surface area (Å²) in [5, 5.41) is 3.36. The van der Waals surface area contributed by atoms with Gasteiger partial charge in [-0.2, -0.15) is 8.78 Å². The number of unbranched alkanes of at least 4 members (excludes halogenated alkanes) is 2. The molecule has 0 amide bonds. The number of hydrogen-bond donors (Lipinski definition) is 1. The standard InChI is InChI=1S/C17H26F2N2O.ClH/c1-2-3-4-8-16(21-11-9-20-10-12-21)14-6-5-7-15(13-14)22-17(18)19;/h5-7,13,16-17,20H,2-4,8-12H2,1H3;1H/t16-;/m0./s1. The third-order valence-corrected chi connectivity index (χ3v) is 4.14. The highest BCUT2D eigenvalue weighted by atomic mass is 35.5. The average molecular weight is 349 g/mol. The van der Waals surface area contributed by atoms with E-state index < -0.39 is 6.61 Å². The van der Waals surface area contributed by atoms with Crippen LogP contribution in [0.4, 0.5) is 8.78 Å². The molecule has 1 aromatic rings. The zero-order valence-corrected chi connectivity index (χ0v) is 14.5. The topological polar surface area (TPSA) is 24.5 Å². The predicted octanol–water partition coefficient (Wildman–Crippen LogP) is 4.24. The average Bonchev–Trinajstić information content (AvgIpc) is 2.52. The summed E-state index contributed by atoms with van der Waals surface area (Å²) in [6.07, 6.45) is 4.61. The molecular weight excluding hydrogens is 322 g/mol. The molecule has 6 heteroatoms. The minimum Gasteiger partial charge on any atom is -0.435 e. The second-order valence-corrected chi connectivity index (χ2v) is 5.75. The number of nitrogens with one attached hydrogen (secondary N) is 1. The van der Waals surface area contributed by atoms with Crippen LogP contribution in [-0.4, -0.2) is 37.7 Å². The SMILES string of the molecule is CCCCC[C@@H](c1cccc(OC(F)F)c1)N1CCNCC1.Cl. The largest absolute Gasteiger partial charge is 0.435 e. The number of hydrogen-bond acceptors (Lipinski definition) is 3. The van der Waals surface area contributed by atoms with E-state index in [1.165, 1.54) is 12.8 Å². The number of alkyl halides is 2. The lowest BCUT2D eigenvalue weighted by Crippen LogP contribution is -2.45. The first-order valence-corrected chi connectivity index (χ1v) is 8.20. The molecule has 23 heavy (non-hydrogen) atoms. The Labute approximate surface area is 143 Å². The summed E-state index contributed by atoms with van der Waals surface area (Å²) in [6, 6.07) is 7.48. The maximum absolute atomic E-state index is 12.4. The molecule has 1 saturated heterocycles. The van der Waals surface area contributed by atoms with Gasteiger partial charge < -0.3 is 10.1 Å². The van der Waals surface area contributed by atoms with Gasteiger partial charge in [0.1, 0.15) is 5.75 Å². The minimum absolute atomic E-state index is 0. The molecule has 0 unspecified atom stereocenters. The lowest BCUT2D eigenvalue weighted by atomic mass is 9.98. The third kappa shape index (κ3) is 6.61. The summed E-state index contributed by atoms with van der Waals surface area (Å²) in [6.45, 7) is 3.38. The van der Waals surface area contributed by atoms with E-state index in [2.05, 4.69) is 21.9 Å². The van der Waals surface area contributed by atoms with Crippen LogP contribution in [-0.2, 0) is 0 Å². The molecule has 0 radical (unpaired) electrons. The van der Waals surface area contributed by atoms with Crippen LogP contribution in [0.5, 0.6) is 5.75 Å². The molecule has 1 aliphatic heterocycles. The van der Waals surface area contributed by atoms with Crippen molar-refractivity contribution >= 4 is 12.4 Å². The molecule has 132 valence electrons. The first-order chi connectivity index (χ1) is 10.7. The van der Waals surface area contributed by atoms with E-state index in [4.69, 9.17) is 0 Å². The van der Waals surface area contributed by atoms with Crippen LogP contribution in [0.1, 0.15) is 44.2 Å². The van der Waals surface area contributed by atoms with E-state index >= 15 is 0 Å². The van der Waals surface area contributed by atoms with Crippen molar-refractivity contribution in [2.24, 2.45) is 0 Å². The monoisotopic (exact) mass is 348 g/mol. The van der Waals surface area contributed by atoms with Gasteiger partial charge in [0.15, 0.2) is 0 Å². The van der Waals surface area contributed by atoms with Crippen LogP contribution in [0.25, 0.3) is 0 Å². The van der Waals surface area contributed by atoms with Crippen LogP contribution < -0.4 is 10.1 Å². The number of ether oxygens (including phenoxy) is 1. The third-order valence-electron chi connectivity index (χ3n) is 4.14. The predicted molar refractivity (Wildman–Crippen MR) is 91.6 cm³/mol. The Morgan fingerprint density at radius 3 is 2.61 bits per heavy atom. The van der Waals surface area contributed by atoms with Crippen LogP contribution in [0, 0.1) is 0 Å². The highest BCUT2D eigenvalue weighted by Gasteiger charge is 2.22. The summed E-state index contributed by atoms with van der Waals surface area (Å²) >= 11 is 0. The van der Waals surface area contributed by atoms with Gasteiger partial charge in [0.05, 0.1) is 0 Å². The zero-order valence-electron chi connectivity index (χ0n) is 13.6. The summed E-state index contributed by atoms with van der Waals surface area (Å²) in [5.41, 5.74) is 1.08. The molecule has 0 aliphatic carbocycles. The van der Waals surface area contributed by atoms with Crippen molar-refractivity contribution in [2.75, 3.05) is 26.2 Å². The van der Waals surface area contributed by atoms with E-state index in [0.29, 0.717) is 0 Å². The molecule has 2 rings (SSSR count). The van der Waals surface area contributed by atoms with E-state index in [9.17, 15) is 8.78 Å². The summed E-state index contributed by atoms with van der Waals surface area (Å²) < 4.78 is 29.4. The lowest BCUT2D eigenvalue weighted by molar-refractivity contribution is -0.0499. The fraction of sp³-hybridized carbons (Fsp3) is 0.647. The van der Waals surface area contributed by atoms with E-state index in [1.807, 2.05) is 12.1 Å². The summed E-state index contributed by atoms with van der Waals surface area (Å²) in [4.78, 5) is 2.45. The molecule has 1 N–H and O–H groups in total. The second kappa shape index (κ2) is 10.8. The molecule has 0 saturated carbocycles. The van der Waals surface area contributed by atoms with Gasteiger partial charge in [-0.1, -0.05) is 38.3 Å². The molecule has 0 bridgehead atoms. The molecule has 1 atom stereocenters. The maximum Gasteiger partial charge on any atom is 0.387 e. The molecule has 1 heterocycles. The van der Waals surface area contributed by atoms with Gasteiger partial charge in [-0.15, -0.1) is 12.4 Å². The highest BCUT2D eigenvalue weighted by Crippen LogP contribution is 2.29. The van der Waals surface area contributed by atoms with Gasteiger partial charge in [0.25, 0.3) is 0 Å². The Hall–Kier alpha value is -0.910. The fourth-order valence-corrected chi connectivity index (χ4v) is 3.04. The summed E-state index contributed by atoms with van der Waals surface area (Å²) in [5.74, 6) is 0.253. The van der Waals surface area contributed by atoms with Crippen molar-refractivity contribution < 1.29 is 13.5 Å². The van der Waals surface area contributed by atoms with E-state index in [1.54, 1.807) is 12.1 Å². The Morgan fingerprint density at radius 1 is 1.22 bits per heavy atom. The molecule has 0 aromatic heterocycles. The van der Waals surface area contributed by atoms with Gasteiger partial charge >= 0.3 is 6.61 Å².